The van der Waals surface area contributed by atoms with Gasteiger partial charge in [0.25, 0.3) is 0 Å². The van der Waals surface area contributed by atoms with E-state index in [9.17, 15) is 19.5 Å². The quantitative estimate of drug-likeness (QED) is 0.345. The fraction of sp³-hybridized carbons (Fsp3) is 0.452. The predicted molar refractivity (Wildman–Crippen MR) is 154 cm³/mol. The van der Waals surface area contributed by atoms with Gasteiger partial charge in [-0.05, 0) is 56.9 Å². The molecule has 3 unspecified atom stereocenters. The molecule has 0 aromatic heterocycles. The maximum absolute atomic E-state index is 14.2. The number of carbonyl (C=O) groups is 3. The summed E-state index contributed by atoms with van der Waals surface area (Å²) < 4.78 is 5.44. The van der Waals surface area contributed by atoms with Crippen molar-refractivity contribution in [3.63, 3.8) is 0 Å². The number of benzene rings is 2. The summed E-state index contributed by atoms with van der Waals surface area (Å²) in [6, 6.07) is 14.3. The second kappa shape index (κ2) is 15.1. The highest BCUT2D eigenvalue weighted by atomic mass is 16.6. The molecular formula is C31H43N3O5. The van der Waals surface area contributed by atoms with E-state index in [1.165, 1.54) is 4.90 Å². The van der Waals surface area contributed by atoms with Crippen LogP contribution in [0.15, 0.2) is 61.2 Å². The van der Waals surface area contributed by atoms with E-state index in [2.05, 4.69) is 17.2 Å². The molecule has 2 aromatic rings. The number of hydrogen-bond acceptors (Lipinski definition) is 5. The van der Waals surface area contributed by atoms with Gasteiger partial charge in [-0.3, -0.25) is 9.59 Å². The van der Waals surface area contributed by atoms with Gasteiger partial charge in [0, 0.05) is 19.0 Å². The lowest BCUT2D eigenvalue weighted by Crippen LogP contribution is -2.55. The first-order valence-corrected chi connectivity index (χ1v) is 13.5. The number of nitrogens with one attached hydrogen (secondary N) is 2. The maximum Gasteiger partial charge on any atom is 0.408 e. The van der Waals surface area contributed by atoms with Crippen LogP contribution in [0, 0.1) is 0 Å². The van der Waals surface area contributed by atoms with Crippen molar-refractivity contribution in [2.45, 2.75) is 77.6 Å². The van der Waals surface area contributed by atoms with Gasteiger partial charge in [-0.25, -0.2) is 4.79 Å². The number of amides is 3. The van der Waals surface area contributed by atoms with E-state index in [4.69, 9.17) is 4.74 Å². The van der Waals surface area contributed by atoms with Crippen LogP contribution in [0.1, 0.15) is 70.2 Å². The molecule has 0 radical (unpaired) electrons. The zero-order chi connectivity index (χ0) is 29.0. The van der Waals surface area contributed by atoms with Crippen molar-refractivity contribution in [3.05, 3.63) is 77.9 Å². The molecular weight excluding hydrogens is 494 g/mol. The topological polar surface area (TPSA) is 108 Å². The minimum atomic E-state index is -1.04. The summed E-state index contributed by atoms with van der Waals surface area (Å²) in [6.07, 6.45) is 2.76. The number of aliphatic hydroxyl groups excluding tert-OH is 1. The first-order valence-electron chi connectivity index (χ1n) is 13.5. The van der Waals surface area contributed by atoms with Crippen LogP contribution in [-0.2, 0) is 20.7 Å². The molecule has 0 spiro atoms. The highest BCUT2D eigenvalue weighted by Gasteiger charge is 2.36. The minimum Gasteiger partial charge on any atom is -0.444 e. The maximum atomic E-state index is 14.2. The molecule has 0 aliphatic rings. The fourth-order valence-electron chi connectivity index (χ4n) is 4.33. The number of alkyl carbamates (subject to hydrolysis) is 1. The molecule has 3 N–H and O–H groups in total. The highest BCUT2D eigenvalue weighted by molar-refractivity contribution is 5.92. The number of aliphatic hydroxyl groups is 1. The van der Waals surface area contributed by atoms with Gasteiger partial charge in [-0.1, -0.05) is 74.5 Å². The molecule has 3 amide bonds. The molecule has 0 fully saturated rings. The highest BCUT2D eigenvalue weighted by Crippen LogP contribution is 2.25. The summed E-state index contributed by atoms with van der Waals surface area (Å²) in [5, 5.41) is 15.7. The summed E-state index contributed by atoms with van der Waals surface area (Å²) in [5.41, 5.74) is 1.42. The van der Waals surface area contributed by atoms with Gasteiger partial charge >= 0.3 is 6.09 Å². The Kier molecular flexibility index (Phi) is 12.2. The van der Waals surface area contributed by atoms with E-state index in [-0.39, 0.29) is 31.5 Å². The third-order valence-electron chi connectivity index (χ3n) is 6.03. The number of ether oxygens (including phenoxy) is 1. The third kappa shape index (κ3) is 10.2. The Hall–Kier alpha value is -3.65. The van der Waals surface area contributed by atoms with E-state index in [0.717, 1.165) is 24.0 Å². The van der Waals surface area contributed by atoms with Crippen LogP contribution >= 0.6 is 0 Å². The third-order valence-corrected chi connectivity index (χ3v) is 6.03. The van der Waals surface area contributed by atoms with Crippen molar-refractivity contribution in [2.75, 3.05) is 13.2 Å². The summed E-state index contributed by atoms with van der Waals surface area (Å²) >= 11 is 0. The monoisotopic (exact) mass is 537 g/mol. The van der Waals surface area contributed by atoms with Gasteiger partial charge in [0.2, 0.25) is 11.8 Å². The first-order chi connectivity index (χ1) is 18.5. The van der Waals surface area contributed by atoms with Gasteiger partial charge in [0.1, 0.15) is 17.7 Å². The van der Waals surface area contributed by atoms with Crippen LogP contribution in [0.4, 0.5) is 4.79 Å². The smallest absolute Gasteiger partial charge is 0.408 e. The molecule has 0 saturated carbocycles. The van der Waals surface area contributed by atoms with Gasteiger partial charge < -0.3 is 25.4 Å². The predicted octanol–water partition coefficient (Wildman–Crippen LogP) is 4.63. The Morgan fingerprint density at radius 3 is 2.36 bits per heavy atom. The number of hydrogen-bond donors (Lipinski definition) is 3. The van der Waals surface area contributed by atoms with E-state index >= 15 is 0 Å². The molecule has 0 aliphatic heterocycles. The minimum absolute atomic E-state index is 0.112. The molecule has 0 aliphatic carbocycles. The lowest BCUT2D eigenvalue weighted by atomic mass is 9.98. The normalized spacial score (nSPS) is 13.5. The van der Waals surface area contributed by atoms with Crippen LogP contribution in [0.25, 0.3) is 6.08 Å². The standard InChI is InChI=1S/C31H43N3O5/c1-7-13-22(3)32-28(36)27(25-17-12-16-23(8-2)20-25)34(18-19-35)29(37)26(21-24-14-10-9-11-15-24)33-30(38)39-31(4,5)6/h8-12,14-17,20,22,26-27,35H,2,7,13,18-19,21H2,1,3-6H3,(H,32,36)(H,33,38). The van der Waals surface area contributed by atoms with Crippen molar-refractivity contribution in [2.24, 2.45) is 0 Å². The number of carbonyl (C=O) groups excluding carboxylic acids is 3. The van der Waals surface area contributed by atoms with Crippen molar-refractivity contribution in [3.8, 4) is 0 Å². The van der Waals surface area contributed by atoms with Gasteiger partial charge in [-0.15, -0.1) is 0 Å². The molecule has 0 saturated heterocycles. The summed E-state index contributed by atoms with van der Waals surface area (Å²) in [6.45, 7) is 12.5. The fourth-order valence-corrected chi connectivity index (χ4v) is 4.33. The Labute approximate surface area is 232 Å². The van der Waals surface area contributed by atoms with Crippen molar-refractivity contribution in [1.29, 1.82) is 0 Å². The zero-order valence-corrected chi connectivity index (χ0v) is 23.8. The first kappa shape index (κ1) is 31.6. The van der Waals surface area contributed by atoms with Crippen LogP contribution in [-0.4, -0.2) is 58.8 Å². The summed E-state index contributed by atoms with van der Waals surface area (Å²) in [5.74, 6) is -0.874. The van der Waals surface area contributed by atoms with E-state index in [1.54, 1.807) is 45.0 Å². The van der Waals surface area contributed by atoms with Gasteiger partial charge in [0.05, 0.1) is 6.61 Å². The zero-order valence-electron chi connectivity index (χ0n) is 23.8. The largest absolute Gasteiger partial charge is 0.444 e. The number of rotatable bonds is 13. The van der Waals surface area contributed by atoms with E-state index < -0.39 is 29.7 Å². The van der Waals surface area contributed by atoms with Crippen molar-refractivity contribution >= 4 is 24.0 Å². The lowest BCUT2D eigenvalue weighted by Gasteiger charge is -2.35. The number of nitrogens with zero attached hydrogens (tertiary/aromatic N) is 1. The molecule has 3 atom stereocenters. The second-order valence-corrected chi connectivity index (χ2v) is 10.6. The van der Waals surface area contributed by atoms with E-state index in [0.29, 0.717) is 5.56 Å². The van der Waals surface area contributed by atoms with Crippen LogP contribution in [0.2, 0.25) is 0 Å². The molecule has 2 rings (SSSR count). The van der Waals surface area contributed by atoms with Crippen molar-refractivity contribution < 1.29 is 24.2 Å². The molecule has 0 heterocycles. The summed E-state index contributed by atoms with van der Waals surface area (Å²) in [4.78, 5) is 42.0. The molecule has 0 bridgehead atoms. The Bertz CT molecular complexity index is 1100. The Balaban J connectivity index is 2.54. The average Bonchev–Trinajstić information content (AvgIpc) is 2.87. The van der Waals surface area contributed by atoms with Gasteiger partial charge in [0.15, 0.2) is 0 Å². The Morgan fingerprint density at radius 2 is 1.77 bits per heavy atom. The van der Waals surface area contributed by atoms with Crippen molar-refractivity contribution in [1.82, 2.24) is 15.5 Å². The summed E-state index contributed by atoms with van der Waals surface area (Å²) in [7, 11) is 0. The second-order valence-electron chi connectivity index (χ2n) is 10.6. The van der Waals surface area contributed by atoms with E-state index in [1.807, 2.05) is 50.2 Å². The van der Waals surface area contributed by atoms with Crippen LogP contribution in [0.3, 0.4) is 0 Å². The van der Waals surface area contributed by atoms with Crippen LogP contribution < -0.4 is 10.6 Å². The van der Waals surface area contributed by atoms with Crippen LogP contribution in [0.5, 0.6) is 0 Å². The average molecular weight is 538 g/mol. The lowest BCUT2D eigenvalue weighted by molar-refractivity contribution is -0.143. The van der Waals surface area contributed by atoms with Gasteiger partial charge in [-0.2, -0.15) is 0 Å². The molecule has 8 nitrogen and oxygen atoms in total. The molecule has 212 valence electrons. The Morgan fingerprint density at radius 1 is 1.08 bits per heavy atom. The molecule has 2 aromatic carbocycles. The molecule has 39 heavy (non-hydrogen) atoms. The SMILES string of the molecule is C=Cc1cccc(C(C(=O)NC(C)CCC)N(CCO)C(=O)C(Cc2ccccc2)NC(=O)OC(C)(C)C)c1. The molecule has 8 heteroatoms.